The number of carboxylic acids is 1. The van der Waals surface area contributed by atoms with Gasteiger partial charge in [0.25, 0.3) is 0 Å². The SMILES string of the molecule is CC(C)C(NC(=O)CNC(=O)C(N)CC(N)=O)C(=O)NC(Cc1cnc[nH]1)C(=O)O. The second-order valence-corrected chi connectivity index (χ2v) is 6.96. The number of aromatic nitrogens is 2. The number of imidazole rings is 1. The maximum absolute atomic E-state index is 12.6. The number of carbonyl (C=O) groups is 5. The first-order valence-electron chi connectivity index (χ1n) is 9.12. The number of hydrogen-bond acceptors (Lipinski definition) is 7. The molecular weight excluding hydrogens is 398 g/mol. The van der Waals surface area contributed by atoms with E-state index in [1.165, 1.54) is 12.5 Å². The first-order valence-corrected chi connectivity index (χ1v) is 9.12. The quantitative estimate of drug-likeness (QED) is 0.182. The van der Waals surface area contributed by atoms with Gasteiger partial charge in [0.1, 0.15) is 12.1 Å². The Hall–Kier alpha value is -3.48. The van der Waals surface area contributed by atoms with Crippen LogP contribution < -0.4 is 27.4 Å². The molecule has 166 valence electrons. The highest BCUT2D eigenvalue weighted by Crippen LogP contribution is 2.05. The molecule has 0 saturated heterocycles. The molecule has 3 unspecified atom stereocenters. The molecule has 1 aromatic heterocycles. The van der Waals surface area contributed by atoms with Crippen LogP contribution in [0.5, 0.6) is 0 Å². The molecule has 0 aromatic carbocycles. The van der Waals surface area contributed by atoms with Gasteiger partial charge in [-0.1, -0.05) is 13.8 Å². The molecule has 0 saturated carbocycles. The van der Waals surface area contributed by atoms with Crippen molar-refractivity contribution < 1.29 is 29.1 Å². The minimum atomic E-state index is -1.25. The van der Waals surface area contributed by atoms with Gasteiger partial charge in [0.15, 0.2) is 0 Å². The first kappa shape index (κ1) is 24.6. The third-order valence-electron chi connectivity index (χ3n) is 4.04. The van der Waals surface area contributed by atoms with Crippen molar-refractivity contribution in [3.05, 3.63) is 18.2 Å². The fraction of sp³-hybridized carbons (Fsp3) is 0.529. The number of rotatable bonds is 12. The molecule has 9 N–H and O–H groups in total. The molecule has 0 aliphatic rings. The number of carbonyl (C=O) groups excluding carboxylic acids is 4. The number of amides is 4. The average Bonchev–Trinajstić information content (AvgIpc) is 3.15. The summed E-state index contributed by atoms with van der Waals surface area (Å²) in [6, 6.07) is -3.47. The van der Waals surface area contributed by atoms with Crippen LogP contribution in [0.2, 0.25) is 0 Å². The van der Waals surface area contributed by atoms with E-state index in [0.29, 0.717) is 5.69 Å². The second kappa shape index (κ2) is 11.5. The van der Waals surface area contributed by atoms with E-state index in [1.807, 2.05) is 0 Å². The number of hydrogen-bond donors (Lipinski definition) is 7. The van der Waals surface area contributed by atoms with Crippen LogP contribution in [-0.2, 0) is 30.4 Å². The second-order valence-electron chi connectivity index (χ2n) is 6.96. The average molecular weight is 425 g/mol. The highest BCUT2D eigenvalue weighted by atomic mass is 16.4. The van der Waals surface area contributed by atoms with E-state index in [-0.39, 0.29) is 18.8 Å². The van der Waals surface area contributed by atoms with Gasteiger partial charge in [0, 0.05) is 18.3 Å². The summed E-state index contributed by atoms with van der Waals surface area (Å²) >= 11 is 0. The Kier molecular flexibility index (Phi) is 9.42. The maximum atomic E-state index is 12.6. The molecule has 0 aliphatic carbocycles. The lowest BCUT2D eigenvalue weighted by Crippen LogP contribution is -2.56. The van der Waals surface area contributed by atoms with Crippen LogP contribution in [0.4, 0.5) is 0 Å². The van der Waals surface area contributed by atoms with E-state index in [0.717, 1.165) is 0 Å². The van der Waals surface area contributed by atoms with Crippen molar-refractivity contribution in [2.45, 2.75) is 44.8 Å². The van der Waals surface area contributed by atoms with E-state index < -0.39 is 54.3 Å². The summed E-state index contributed by atoms with van der Waals surface area (Å²) in [5, 5.41) is 16.4. The largest absolute Gasteiger partial charge is 0.480 e. The summed E-state index contributed by atoms with van der Waals surface area (Å²) in [5.74, 6) is -4.52. The predicted octanol–water partition coefficient (Wildman–Crippen LogP) is -3.02. The fourth-order valence-electron chi connectivity index (χ4n) is 2.45. The molecule has 1 rings (SSSR count). The zero-order valence-electron chi connectivity index (χ0n) is 16.7. The summed E-state index contributed by atoms with van der Waals surface area (Å²) in [5.41, 5.74) is 10.9. The lowest BCUT2D eigenvalue weighted by atomic mass is 10.0. The van der Waals surface area contributed by atoms with Gasteiger partial charge >= 0.3 is 5.97 Å². The topological polar surface area (TPSA) is 222 Å². The lowest BCUT2D eigenvalue weighted by Gasteiger charge is -2.24. The van der Waals surface area contributed by atoms with Gasteiger partial charge in [-0.3, -0.25) is 19.2 Å². The van der Waals surface area contributed by atoms with Crippen molar-refractivity contribution in [2.75, 3.05) is 6.54 Å². The van der Waals surface area contributed by atoms with E-state index in [9.17, 15) is 29.1 Å². The summed E-state index contributed by atoms with van der Waals surface area (Å²) in [6.45, 7) is 2.84. The number of carboxylic acid groups (broad SMARTS) is 1. The van der Waals surface area contributed by atoms with Crippen LogP contribution in [0.15, 0.2) is 12.5 Å². The van der Waals surface area contributed by atoms with Gasteiger partial charge in [-0.05, 0) is 5.92 Å². The summed E-state index contributed by atoms with van der Waals surface area (Å²) in [6.07, 6.45) is 2.43. The van der Waals surface area contributed by atoms with Crippen LogP contribution in [0.1, 0.15) is 26.0 Å². The molecule has 0 radical (unpaired) electrons. The molecule has 1 heterocycles. The molecule has 1 aromatic rings. The van der Waals surface area contributed by atoms with Crippen molar-refractivity contribution in [1.82, 2.24) is 25.9 Å². The van der Waals surface area contributed by atoms with Crippen molar-refractivity contribution in [3.63, 3.8) is 0 Å². The molecule has 0 spiro atoms. The first-order chi connectivity index (χ1) is 14.0. The molecule has 0 aliphatic heterocycles. The third kappa shape index (κ3) is 8.26. The fourth-order valence-corrected chi connectivity index (χ4v) is 2.45. The number of aliphatic carboxylic acids is 1. The van der Waals surface area contributed by atoms with Gasteiger partial charge in [-0.2, -0.15) is 0 Å². The summed E-state index contributed by atoms with van der Waals surface area (Å²) in [7, 11) is 0. The van der Waals surface area contributed by atoms with Crippen molar-refractivity contribution in [1.29, 1.82) is 0 Å². The van der Waals surface area contributed by atoms with E-state index in [2.05, 4.69) is 25.9 Å². The number of H-pyrrole nitrogens is 1. The molecular formula is C17H27N7O6. The number of aromatic amines is 1. The minimum Gasteiger partial charge on any atom is -0.480 e. The van der Waals surface area contributed by atoms with Crippen LogP contribution in [-0.4, -0.2) is 69.3 Å². The molecule has 30 heavy (non-hydrogen) atoms. The minimum absolute atomic E-state index is 0.0202. The standard InChI is InChI=1S/C17H27N7O6/c1-8(2)14(24-13(26)6-21-15(27)10(18)4-12(19)25)16(28)23-11(17(29)30)3-9-5-20-7-22-9/h5,7-8,10-11,14H,3-4,6,18H2,1-2H3,(H2,19,25)(H,20,22)(H,21,27)(H,23,28)(H,24,26)(H,29,30). The third-order valence-corrected chi connectivity index (χ3v) is 4.04. The Morgan fingerprint density at radius 3 is 2.33 bits per heavy atom. The number of primary amides is 1. The maximum Gasteiger partial charge on any atom is 0.326 e. The summed E-state index contributed by atoms with van der Waals surface area (Å²) < 4.78 is 0. The monoisotopic (exact) mass is 425 g/mol. The van der Waals surface area contributed by atoms with E-state index >= 15 is 0 Å². The molecule has 4 amide bonds. The summed E-state index contributed by atoms with van der Waals surface area (Å²) in [4.78, 5) is 65.2. The molecule has 13 nitrogen and oxygen atoms in total. The highest BCUT2D eigenvalue weighted by Gasteiger charge is 2.29. The zero-order chi connectivity index (χ0) is 22.8. The number of nitrogens with one attached hydrogen (secondary N) is 4. The molecule has 0 fully saturated rings. The Labute approximate surface area is 172 Å². The van der Waals surface area contributed by atoms with Gasteiger partial charge in [0.2, 0.25) is 23.6 Å². The van der Waals surface area contributed by atoms with E-state index in [1.54, 1.807) is 13.8 Å². The Balaban J connectivity index is 2.65. The Bertz CT molecular complexity index is 765. The lowest BCUT2D eigenvalue weighted by molar-refractivity contribution is -0.142. The smallest absolute Gasteiger partial charge is 0.326 e. The highest BCUT2D eigenvalue weighted by molar-refractivity contribution is 5.93. The van der Waals surface area contributed by atoms with Crippen molar-refractivity contribution in [3.8, 4) is 0 Å². The van der Waals surface area contributed by atoms with Crippen molar-refractivity contribution >= 4 is 29.6 Å². The number of nitrogens with zero attached hydrogens (tertiary/aromatic N) is 1. The van der Waals surface area contributed by atoms with Gasteiger partial charge < -0.3 is 37.5 Å². The van der Waals surface area contributed by atoms with Gasteiger partial charge in [-0.25, -0.2) is 9.78 Å². The van der Waals surface area contributed by atoms with Crippen LogP contribution in [0.3, 0.4) is 0 Å². The number of nitrogens with two attached hydrogens (primary N) is 2. The normalized spacial score (nSPS) is 13.7. The molecule has 13 heteroatoms. The predicted molar refractivity (Wildman–Crippen MR) is 103 cm³/mol. The van der Waals surface area contributed by atoms with Gasteiger partial charge in [-0.15, -0.1) is 0 Å². The van der Waals surface area contributed by atoms with Crippen LogP contribution >= 0.6 is 0 Å². The molecule has 0 bridgehead atoms. The Morgan fingerprint density at radius 1 is 1.17 bits per heavy atom. The van der Waals surface area contributed by atoms with Gasteiger partial charge in [0.05, 0.1) is 25.3 Å². The van der Waals surface area contributed by atoms with Crippen molar-refractivity contribution in [2.24, 2.45) is 17.4 Å². The Morgan fingerprint density at radius 2 is 1.83 bits per heavy atom. The zero-order valence-corrected chi connectivity index (χ0v) is 16.7. The van der Waals surface area contributed by atoms with E-state index in [4.69, 9.17) is 11.5 Å². The molecule has 3 atom stereocenters. The van der Waals surface area contributed by atoms with Crippen LogP contribution in [0, 0.1) is 5.92 Å². The van der Waals surface area contributed by atoms with Crippen LogP contribution in [0.25, 0.3) is 0 Å².